The molecule has 5 heteroatoms. The Balaban J connectivity index is 1.37. The highest BCUT2D eigenvalue weighted by Crippen LogP contribution is 2.30. The molecule has 3 atom stereocenters. The molecule has 4 rings (SSSR count). The number of morpholine rings is 1. The first-order valence-corrected chi connectivity index (χ1v) is 9.25. The van der Waals surface area contributed by atoms with Gasteiger partial charge in [0.25, 0.3) is 5.91 Å². The SMILES string of the molecule is Cc1cc(C(=O)N[C@@H]2C[C@H]3CO[C@@H](c4ccccc4)CN3C2)cnc1C. The third-order valence-electron chi connectivity index (χ3n) is 5.53. The average Bonchev–Trinajstić information content (AvgIpc) is 3.06. The summed E-state index contributed by atoms with van der Waals surface area (Å²) in [5, 5.41) is 3.18. The van der Waals surface area contributed by atoms with Gasteiger partial charge in [0.2, 0.25) is 0 Å². The van der Waals surface area contributed by atoms with E-state index in [2.05, 4.69) is 39.5 Å². The Kier molecular flexibility index (Phi) is 4.74. The fraction of sp³-hybridized carbons (Fsp3) is 0.429. The number of pyridine rings is 1. The van der Waals surface area contributed by atoms with Crippen molar-refractivity contribution in [2.75, 3.05) is 19.7 Å². The molecule has 136 valence electrons. The number of carbonyl (C=O) groups is 1. The minimum absolute atomic E-state index is 0.0361. The first-order chi connectivity index (χ1) is 12.6. The predicted molar refractivity (Wildman–Crippen MR) is 100 cm³/mol. The molecule has 0 saturated carbocycles. The van der Waals surface area contributed by atoms with E-state index in [4.69, 9.17) is 4.74 Å². The van der Waals surface area contributed by atoms with E-state index < -0.39 is 0 Å². The second-order valence-electron chi connectivity index (χ2n) is 7.37. The average molecular weight is 351 g/mol. The van der Waals surface area contributed by atoms with E-state index in [1.54, 1.807) is 6.20 Å². The first kappa shape index (κ1) is 17.2. The van der Waals surface area contributed by atoms with Crippen LogP contribution in [0.3, 0.4) is 0 Å². The maximum absolute atomic E-state index is 12.6. The molecule has 3 heterocycles. The number of aromatic nitrogens is 1. The fourth-order valence-corrected chi connectivity index (χ4v) is 3.88. The van der Waals surface area contributed by atoms with Crippen molar-refractivity contribution in [3.63, 3.8) is 0 Å². The third-order valence-corrected chi connectivity index (χ3v) is 5.53. The van der Waals surface area contributed by atoms with E-state index in [-0.39, 0.29) is 18.1 Å². The summed E-state index contributed by atoms with van der Waals surface area (Å²) in [4.78, 5) is 19.3. The highest BCUT2D eigenvalue weighted by atomic mass is 16.5. The normalized spacial score (nSPS) is 25.7. The molecule has 1 N–H and O–H groups in total. The molecule has 2 saturated heterocycles. The van der Waals surface area contributed by atoms with Crippen molar-refractivity contribution in [1.82, 2.24) is 15.2 Å². The monoisotopic (exact) mass is 351 g/mol. The predicted octanol–water partition coefficient (Wildman–Crippen LogP) is 2.64. The lowest BCUT2D eigenvalue weighted by molar-refractivity contribution is -0.0502. The van der Waals surface area contributed by atoms with Crippen LogP contribution in [0.1, 0.15) is 39.7 Å². The first-order valence-electron chi connectivity index (χ1n) is 9.25. The molecule has 1 aromatic heterocycles. The Labute approximate surface area is 154 Å². The van der Waals surface area contributed by atoms with Crippen LogP contribution in [0.4, 0.5) is 0 Å². The highest BCUT2D eigenvalue weighted by Gasteiger charge is 2.38. The maximum atomic E-state index is 12.6. The second-order valence-corrected chi connectivity index (χ2v) is 7.37. The van der Waals surface area contributed by atoms with E-state index in [9.17, 15) is 4.79 Å². The highest BCUT2D eigenvalue weighted by molar-refractivity contribution is 5.94. The number of ether oxygens (including phenoxy) is 1. The summed E-state index contributed by atoms with van der Waals surface area (Å²) in [6.45, 7) is 6.41. The number of carbonyl (C=O) groups excluding carboxylic acids is 1. The van der Waals surface area contributed by atoms with E-state index in [1.165, 1.54) is 5.56 Å². The summed E-state index contributed by atoms with van der Waals surface area (Å²) < 4.78 is 6.08. The van der Waals surface area contributed by atoms with E-state index in [1.807, 2.05) is 26.0 Å². The lowest BCUT2D eigenvalue weighted by Gasteiger charge is -2.35. The Morgan fingerprint density at radius 3 is 2.81 bits per heavy atom. The van der Waals surface area contributed by atoms with Crippen molar-refractivity contribution in [1.29, 1.82) is 0 Å². The molecule has 2 fully saturated rings. The lowest BCUT2D eigenvalue weighted by Crippen LogP contribution is -2.43. The number of fused-ring (bicyclic) bond motifs is 1. The van der Waals surface area contributed by atoms with Crippen LogP contribution >= 0.6 is 0 Å². The lowest BCUT2D eigenvalue weighted by atomic mass is 10.1. The molecule has 2 aromatic rings. The van der Waals surface area contributed by atoms with Gasteiger partial charge >= 0.3 is 0 Å². The standard InChI is InChI=1S/C21H25N3O2/c1-14-8-17(10-22-15(14)2)21(25)23-18-9-19-13-26-20(12-24(19)11-18)16-6-4-3-5-7-16/h3-8,10,18-20H,9,11-13H2,1-2H3,(H,23,25)/t18-,19+,20-/m1/s1. The van der Waals surface area contributed by atoms with Gasteiger partial charge in [-0.1, -0.05) is 30.3 Å². The number of nitrogens with one attached hydrogen (secondary N) is 1. The number of aryl methyl sites for hydroxylation is 2. The molecule has 0 radical (unpaired) electrons. The molecule has 0 spiro atoms. The van der Waals surface area contributed by atoms with Crippen molar-refractivity contribution < 1.29 is 9.53 Å². The largest absolute Gasteiger partial charge is 0.371 e. The number of nitrogens with zero attached hydrogens (tertiary/aromatic N) is 2. The molecule has 26 heavy (non-hydrogen) atoms. The molecule has 0 unspecified atom stereocenters. The summed E-state index contributed by atoms with van der Waals surface area (Å²) in [5.74, 6) is -0.0361. The Morgan fingerprint density at radius 2 is 2.04 bits per heavy atom. The number of hydrogen-bond acceptors (Lipinski definition) is 4. The Bertz CT molecular complexity index is 793. The fourth-order valence-electron chi connectivity index (χ4n) is 3.88. The molecule has 5 nitrogen and oxygen atoms in total. The van der Waals surface area contributed by atoms with Gasteiger partial charge in [-0.2, -0.15) is 0 Å². The van der Waals surface area contributed by atoms with Gasteiger partial charge in [0.1, 0.15) is 0 Å². The van der Waals surface area contributed by atoms with Crippen molar-refractivity contribution in [2.45, 2.75) is 38.5 Å². The molecule has 0 bridgehead atoms. The minimum Gasteiger partial charge on any atom is -0.371 e. The Morgan fingerprint density at radius 1 is 1.23 bits per heavy atom. The van der Waals surface area contributed by atoms with Crippen LogP contribution < -0.4 is 5.32 Å². The Hall–Kier alpha value is -2.24. The van der Waals surface area contributed by atoms with Crippen LogP contribution in [0.2, 0.25) is 0 Å². The van der Waals surface area contributed by atoms with Crippen LogP contribution in [-0.4, -0.2) is 47.6 Å². The molecule has 0 aliphatic carbocycles. The van der Waals surface area contributed by atoms with Crippen LogP contribution in [0.5, 0.6) is 0 Å². The summed E-state index contributed by atoms with van der Waals surface area (Å²) in [6.07, 6.45) is 2.71. The van der Waals surface area contributed by atoms with Gasteiger partial charge in [0.15, 0.2) is 0 Å². The zero-order valence-electron chi connectivity index (χ0n) is 15.3. The summed E-state index contributed by atoms with van der Waals surface area (Å²) in [7, 11) is 0. The van der Waals surface area contributed by atoms with Crippen LogP contribution in [0.25, 0.3) is 0 Å². The zero-order chi connectivity index (χ0) is 18.1. The molecule has 1 amide bonds. The second kappa shape index (κ2) is 7.17. The molecule has 2 aliphatic heterocycles. The van der Waals surface area contributed by atoms with Crippen molar-refractivity contribution in [2.24, 2.45) is 0 Å². The third kappa shape index (κ3) is 3.50. The van der Waals surface area contributed by atoms with Gasteiger partial charge in [-0.15, -0.1) is 0 Å². The molecule has 1 aromatic carbocycles. The quantitative estimate of drug-likeness (QED) is 0.924. The van der Waals surface area contributed by atoms with Crippen LogP contribution in [0.15, 0.2) is 42.6 Å². The minimum atomic E-state index is -0.0361. The van der Waals surface area contributed by atoms with E-state index >= 15 is 0 Å². The van der Waals surface area contributed by atoms with Gasteiger partial charge in [0.05, 0.1) is 18.3 Å². The van der Waals surface area contributed by atoms with Gasteiger partial charge in [0, 0.05) is 37.1 Å². The van der Waals surface area contributed by atoms with Crippen molar-refractivity contribution in [3.05, 3.63) is 65.0 Å². The topological polar surface area (TPSA) is 54.5 Å². The smallest absolute Gasteiger partial charge is 0.253 e. The van der Waals surface area contributed by atoms with Crippen molar-refractivity contribution in [3.8, 4) is 0 Å². The zero-order valence-corrected chi connectivity index (χ0v) is 15.3. The number of amides is 1. The van der Waals surface area contributed by atoms with Crippen LogP contribution in [0, 0.1) is 13.8 Å². The maximum Gasteiger partial charge on any atom is 0.253 e. The van der Waals surface area contributed by atoms with Crippen molar-refractivity contribution >= 4 is 5.91 Å². The van der Waals surface area contributed by atoms with Crippen LogP contribution in [-0.2, 0) is 4.74 Å². The van der Waals surface area contributed by atoms with E-state index in [0.717, 1.165) is 37.4 Å². The van der Waals surface area contributed by atoms with Gasteiger partial charge in [-0.05, 0) is 37.5 Å². The molecular weight excluding hydrogens is 326 g/mol. The van der Waals surface area contributed by atoms with E-state index in [0.29, 0.717) is 11.6 Å². The number of rotatable bonds is 3. The summed E-state index contributed by atoms with van der Waals surface area (Å²) >= 11 is 0. The molecule has 2 aliphatic rings. The summed E-state index contributed by atoms with van der Waals surface area (Å²) in [5.41, 5.74) is 3.86. The van der Waals surface area contributed by atoms with Gasteiger partial charge < -0.3 is 10.1 Å². The van der Waals surface area contributed by atoms with Gasteiger partial charge in [-0.3, -0.25) is 14.7 Å². The van der Waals surface area contributed by atoms with Gasteiger partial charge in [-0.25, -0.2) is 0 Å². The number of benzene rings is 1. The molecular formula is C21H25N3O2. The number of hydrogen-bond donors (Lipinski definition) is 1. The summed E-state index contributed by atoms with van der Waals surface area (Å²) in [6, 6.07) is 12.8.